The van der Waals surface area contributed by atoms with Gasteiger partial charge in [0.15, 0.2) is 0 Å². The average molecular weight is 239 g/mol. The maximum atomic E-state index is 10.8. The Kier molecular flexibility index (Phi) is 4.84. The van der Waals surface area contributed by atoms with Crippen LogP contribution in [-0.2, 0) is 4.74 Å². The second-order valence-corrected chi connectivity index (χ2v) is 3.55. The van der Waals surface area contributed by atoms with Gasteiger partial charge in [-0.05, 0) is 13.8 Å². The van der Waals surface area contributed by atoms with Crippen molar-refractivity contribution >= 4 is 11.9 Å². The van der Waals surface area contributed by atoms with E-state index in [2.05, 4.69) is 9.97 Å². The number of methoxy groups -OCH3 is 1. The van der Waals surface area contributed by atoms with Crippen molar-refractivity contribution in [2.45, 2.75) is 13.8 Å². The van der Waals surface area contributed by atoms with Crippen molar-refractivity contribution in [1.82, 2.24) is 9.97 Å². The average Bonchev–Trinajstić information content (AvgIpc) is 2.29. The molecule has 6 heteroatoms. The molecule has 94 valence electrons. The van der Waals surface area contributed by atoms with Gasteiger partial charge >= 0.3 is 5.97 Å². The molecule has 0 fully saturated rings. The number of aryl methyl sites for hydroxylation is 1. The Bertz CT molecular complexity index is 396. The number of hydrogen-bond donors (Lipinski definition) is 1. The minimum absolute atomic E-state index is 0.136. The molecule has 0 bridgehead atoms. The molecule has 1 rings (SSSR count). The molecular weight excluding hydrogens is 222 g/mol. The largest absolute Gasteiger partial charge is 0.478 e. The molecule has 6 nitrogen and oxygen atoms in total. The first-order valence-corrected chi connectivity index (χ1v) is 5.41. The lowest BCUT2D eigenvalue weighted by molar-refractivity contribution is 0.0695. The van der Waals surface area contributed by atoms with Gasteiger partial charge in [0.1, 0.15) is 0 Å². The molecule has 0 amide bonds. The Labute approximate surface area is 100 Å². The Hall–Kier alpha value is -1.69. The van der Waals surface area contributed by atoms with Gasteiger partial charge in [-0.25, -0.2) is 14.8 Å². The summed E-state index contributed by atoms with van der Waals surface area (Å²) >= 11 is 0. The third kappa shape index (κ3) is 3.39. The first-order valence-electron chi connectivity index (χ1n) is 5.41. The Morgan fingerprint density at radius 2 is 2.29 bits per heavy atom. The predicted molar refractivity (Wildman–Crippen MR) is 63.5 cm³/mol. The van der Waals surface area contributed by atoms with Crippen LogP contribution in [0.3, 0.4) is 0 Å². The standard InChI is InChI=1S/C11H17N3O3/c1-4-14(5-6-17-3)11-12-7-9(10(15)16)8(2)13-11/h7H,4-6H2,1-3H3,(H,15,16). The Morgan fingerprint density at radius 3 is 2.76 bits per heavy atom. The van der Waals surface area contributed by atoms with Gasteiger partial charge in [-0.1, -0.05) is 0 Å². The second kappa shape index (κ2) is 6.15. The molecule has 1 heterocycles. The molecule has 0 unspecified atom stereocenters. The number of hydrogen-bond acceptors (Lipinski definition) is 5. The van der Waals surface area contributed by atoms with Crippen LogP contribution in [-0.4, -0.2) is 47.8 Å². The van der Waals surface area contributed by atoms with Crippen LogP contribution in [0, 0.1) is 6.92 Å². The highest BCUT2D eigenvalue weighted by atomic mass is 16.5. The quantitative estimate of drug-likeness (QED) is 0.796. The molecule has 0 aromatic carbocycles. The van der Waals surface area contributed by atoms with E-state index in [1.165, 1.54) is 6.20 Å². The summed E-state index contributed by atoms with van der Waals surface area (Å²) in [7, 11) is 1.63. The van der Waals surface area contributed by atoms with Gasteiger partial charge in [-0.15, -0.1) is 0 Å². The molecule has 0 aliphatic rings. The van der Waals surface area contributed by atoms with E-state index in [-0.39, 0.29) is 5.56 Å². The van der Waals surface area contributed by atoms with Crippen molar-refractivity contribution in [2.24, 2.45) is 0 Å². The molecule has 17 heavy (non-hydrogen) atoms. The molecule has 0 radical (unpaired) electrons. The number of anilines is 1. The highest BCUT2D eigenvalue weighted by molar-refractivity contribution is 5.88. The molecule has 1 aromatic heterocycles. The first kappa shape index (κ1) is 13.4. The van der Waals surface area contributed by atoms with E-state index in [0.29, 0.717) is 24.8 Å². The van der Waals surface area contributed by atoms with E-state index in [1.807, 2.05) is 11.8 Å². The lowest BCUT2D eigenvalue weighted by atomic mass is 10.2. The summed E-state index contributed by atoms with van der Waals surface area (Å²) in [5.74, 6) is -0.471. The van der Waals surface area contributed by atoms with E-state index in [0.717, 1.165) is 6.54 Å². The van der Waals surface area contributed by atoms with Gasteiger partial charge in [-0.2, -0.15) is 0 Å². The SMILES string of the molecule is CCN(CCOC)c1ncc(C(=O)O)c(C)n1. The molecular formula is C11H17N3O3. The van der Waals surface area contributed by atoms with Crippen LogP contribution >= 0.6 is 0 Å². The van der Waals surface area contributed by atoms with Crippen molar-refractivity contribution in [3.05, 3.63) is 17.5 Å². The summed E-state index contributed by atoms with van der Waals surface area (Å²) in [5, 5.41) is 8.88. The highest BCUT2D eigenvalue weighted by Gasteiger charge is 2.13. The summed E-state index contributed by atoms with van der Waals surface area (Å²) in [6.45, 7) is 5.66. The molecule has 0 spiro atoms. The number of rotatable bonds is 6. The summed E-state index contributed by atoms with van der Waals surface area (Å²) in [5.41, 5.74) is 0.606. The lowest BCUT2D eigenvalue weighted by Crippen LogP contribution is -2.29. The smallest absolute Gasteiger partial charge is 0.339 e. The van der Waals surface area contributed by atoms with Crippen LogP contribution < -0.4 is 4.90 Å². The van der Waals surface area contributed by atoms with Crippen molar-refractivity contribution < 1.29 is 14.6 Å². The highest BCUT2D eigenvalue weighted by Crippen LogP contribution is 2.10. The molecule has 1 aromatic rings. The lowest BCUT2D eigenvalue weighted by Gasteiger charge is -2.20. The van der Waals surface area contributed by atoms with E-state index < -0.39 is 5.97 Å². The van der Waals surface area contributed by atoms with Crippen LogP contribution in [0.4, 0.5) is 5.95 Å². The van der Waals surface area contributed by atoms with E-state index in [9.17, 15) is 4.79 Å². The summed E-state index contributed by atoms with van der Waals surface area (Å²) in [6, 6.07) is 0. The van der Waals surface area contributed by atoms with Crippen molar-refractivity contribution in [1.29, 1.82) is 0 Å². The van der Waals surface area contributed by atoms with Gasteiger partial charge in [-0.3, -0.25) is 0 Å². The van der Waals surface area contributed by atoms with Crippen molar-refractivity contribution in [2.75, 3.05) is 31.7 Å². The fourth-order valence-electron chi connectivity index (χ4n) is 1.42. The zero-order valence-corrected chi connectivity index (χ0v) is 10.3. The van der Waals surface area contributed by atoms with E-state index in [1.54, 1.807) is 14.0 Å². The van der Waals surface area contributed by atoms with Gasteiger partial charge in [0.25, 0.3) is 0 Å². The molecule has 0 atom stereocenters. The predicted octanol–water partition coefficient (Wildman–Crippen LogP) is 0.956. The number of aromatic carboxylic acids is 1. The number of carbonyl (C=O) groups is 1. The number of aromatic nitrogens is 2. The first-order chi connectivity index (χ1) is 8.10. The van der Waals surface area contributed by atoms with Crippen LogP contribution in [0.2, 0.25) is 0 Å². The Morgan fingerprint density at radius 1 is 1.59 bits per heavy atom. The van der Waals surface area contributed by atoms with Gasteiger partial charge in [0.05, 0.1) is 17.9 Å². The van der Waals surface area contributed by atoms with E-state index >= 15 is 0 Å². The fraction of sp³-hybridized carbons (Fsp3) is 0.545. The maximum absolute atomic E-state index is 10.8. The zero-order chi connectivity index (χ0) is 12.8. The summed E-state index contributed by atoms with van der Waals surface area (Å²) < 4.78 is 5.00. The summed E-state index contributed by atoms with van der Waals surface area (Å²) in [4.78, 5) is 21.0. The van der Waals surface area contributed by atoms with E-state index in [4.69, 9.17) is 9.84 Å². The number of likely N-dealkylation sites (N-methyl/N-ethyl adjacent to an activating group) is 1. The molecule has 0 aliphatic carbocycles. The van der Waals surface area contributed by atoms with Crippen LogP contribution in [0.25, 0.3) is 0 Å². The monoisotopic (exact) mass is 239 g/mol. The van der Waals surface area contributed by atoms with Crippen LogP contribution in [0.1, 0.15) is 23.0 Å². The number of carboxylic acids is 1. The minimum Gasteiger partial charge on any atom is -0.478 e. The topological polar surface area (TPSA) is 75.5 Å². The third-order valence-electron chi connectivity index (χ3n) is 2.43. The van der Waals surface area contributed by atoms with Crippen LogP contribution in [0.15, 0.2) is 6.20 Å². The van der Waals surface area contributed by atoms with Crippen LogP contribution in [0.5, 0.6) is 0 Å². The Balaban J connectivity index is 2.90. The van der Waals surface area contributed by atoms with Gasteiger partial charge < -0.3 is 14.7 Å². The molecule has 1 N–H and O–H groups in total. The minimum atomic E-state index is -1.01. The number of carboxylic acid groups (broad SMARTS) is 1. The number of nitrogens with zero attached hydrogens (tertiary/aromatic N) is 3. The number of ether oxygens (including phenoxy) is 1. The van der Waals surface area contributed by atoms with Crippen molar-refractivity contribution in [3.63, 3.8) is 0 Å². The third-order valence-corrected chi connectivity index (χ3v) is 2.43. The van der Waals surface area contributed by atoms with Gasteiger partial charge in [0.2, 0.25) is 5.95 Å². The molecule has 0 saturated carbocycles. The normalized spacial score (nSPS) is 10.3. The zero-order valence-electron chi connectivity index (χ0n) is 10.3. The second-order valence-electron chi connectivity index (χ2n) is 3.55. The summed E-state index contributed by atoms with van der Waals surface area (Å²) in [6.07, 6.45) is 1.34. The maximum Gasteiger partial charge on any atom is 0.339 e. The molecule has 0 aliphatic heterocycles. The molecule has 0 saturated heterocycles. The van der Waals surface area contributed by atoms with Crippen molar-refractivity contribution in [3.8, 4) is 0 Å². The fourth-order valence-corrected chi connectivity index (χ4v) is 1.42. The van der Waals surface area contributed by atoms with Gasteiger partial charge in [0, 0.05) is 26.4 Å².